The van der Waals surface area contributed by atoms with Crippen molar-refractivity contribution in [1.29, 1.82) is 0 Å². The van der Waals surface area contributed by atoms with Crippen LogP contribution in [-0.4, -0.2) is 38.9 Å². The first-order valence-electron chi connectivity index (χ1n) is 6.04. The van der Waals surface area contributed by atoms with E-state index in [-0.39, 0.29) is 23.0 Å². The van der Waals surface area contributed by atoms with Crippen molar-refractivity contribution in [3.05, 3.63) is 24.3 Å². The topological polar surface area (TPSA) is 92.5 Å². The molecule has 0 aliphatic heterocycles. The van der Waals surface area contributed by atoms with Gasteiger partial charge in [-0.15, -0.1) is 0 Å². The number of nitrogens with zero attached hydrogens (tertiary/aromatic N) is 1. The number of hydrogen-bond donors (Lipinski definition) is 2. The highest BCUT2D eigenvalue weighted by atomic mass is 32.2. The number of sulfonamides is 1. The minimum atomic E-state index is -3.76. The van der Waals surface area contributed by atoms with Crippen LogP contribution in [-0.2, 0) is 14.8 Å². The maximum atomic E-state index is 12.0. The molecule has 0 saturated carbocycles. The van der Waals surface area contributed by atoms with Crippen molar-refractivity contribution in [2.45, 2.75) is 18.7 Å². The summed E-state index contributed by atoms with van der Waals surface area (Å²) in [6, 6.07) is 6.13. The van der Waals surface area contributed by atoms with Gasteiger partial charge in [0.15, 0.2) is 0 Å². The number of benzene rings is 1. The van der Waals surface area contributed by atoms with Gasteiger partial charge in [-0.05, 0) is 26.0 Å². The number of rotatable bonds is 6. The highest BCUT2D eigenvalue weighted by Crippen LogP contribution is 2.16. The van der Waals surface area contributed by atoms with E-state index in [9.17, 15) is 13.2 Å². The smallest absolute Gasteiger partial charge is 0.243 e. The van der Waals surface area contributed by atoms with Crippen LogP contribution >= 0.6 is 0 Å². The van der Waals surface area contributed by atoms with Gasteiger partial charge in [-0.2, -0.15) is 0 Å². The molecule has 0 fully saturated rings. The predicted molar refractivity (Wildman–Crippen MR) is 74.0 cm³/mol. The summed E-state index contributed by atoms with van der Waals surface area (Å²) in [5.74, 6) is -0.261. The minimum Gasteiger partial charge on any atom is -0.398 e. The molecule has 1 aromatic rings. The zero-order chi connectivity index (χ0) is 14.5. The maximum absolute atomic E-state index is 12.0. The number of likely N-dealkylation sites (N-methyl/N-ethyl adjacent to an activating group) is 1. The summed E-state index contributed by atoms with van der Waals surface area (Å²) < 4.78 is 26.3. The van der Waals surface area contributed by atoms with Crippen LogP contribution in [0.1, 0.15) is 13.8 Å². The second kappa shape index (κ2) is 6.53. The first kappa shape index (κ1) is 15.5. The molecule has 0 unspecified atom stereocenters. The van der Waals surface area contributed by atoms with Gasteiger partial charge in [-0.3, -0.25) is 4.79 Å². The summed E-state index contributed by atoms with van der Waals surface area (Å²) in [5, 5.41) is 0. The molecule has 1 rings (SSSR count). The lowest BCUT2D eigenvalue weighted by atomic mass is 10.3. The summed E-state index contributed by atoms with van der Waals surface area (Å²) in [5.41, 5.74) is 5.77. The molecule has 0 aliphatic carbocycles. The molecule has 0 bridgehead atoms. The van der Waals surface area contributed by atoms with Gasteiger partial charge in [0.05, 0.1) is 12.2 Å². The summed E-state index contributed by atoms with van der Waals surface area (Å²) in [7, 11) is -3.76. The van der Waals surface area contributed by atoms with Crippen molar-refractivity contribution < 1.29 is 13.2 Å². The normalized spacial score (nSPS) is 11.3. The van der Waals surface area contributed by atoms with Crippen LogP contribution in [0.25, 0.3) is 0 Å². The first-order chi connectivity index (χ1) is 8.92. The SMILES string of the molecule is CCN(CC)C(=O)CNS(=O)(=O)c1ccccc1N. The third kappa shape index (κ3) is 3.93. The molecule has 19 heavy (non-hydrogen) atoms. The largest absolute Gasteiger partial charge is 0.398 e. The summed E-state index contributed by atoms with van der Waals surface area (Å²) in [6.07, 6.45) is 0. The standard InChI is InChI=1S/C12H19N3O3S/c1-3-15(4-2)12(16)9-14-19(17,18)11-8-6-5-7-10(11)13/h5-8,14H,3-4,9,13H2,1-2H3. The second-order valence-corrected chi connectivity index (χ2v) is 5.66. The molecule has 1 aromatic carbocycles. The second-order valence-electron chi connectivity index (χ2n) is 3.93. The zero-order valence-corrected chi connectivity index (χ0v) is 11.9. The lowest BCUT2D eigenvalue weighted by Gasteiger charge is -2.18. The van der Waals surface area contributed by atoms with Crippen LogP contribution in [0.4, 0.5) is 5.69 Å². The van der Waals surface area contributed by atoms with E-state index < -0.39 is 10.0 Å². The Hall–Kier alpha value is -1.60. The predicted octanol–water partition coefficient (Wildman–Crippen LogP) is 0.416. The van der Waals surface area contributed by atoms with Gasteiger partial charge in [0.2, 0.25) is 15.9 Å². The van der Waals surface area contributed by atoms with E-state index in [1.54, 1.807) is 17.0 Å². The van der Waals surface area contributed by atoms with Crippen molar-refractivity contribution >= 4 is 21.6 Å². The lowest BCUT2D eigenvalue weighted by molar-refractivity contribution is -0.129. The molecular formula is C12H19N3O3S. The number of nitrogen functional groups attached to an aromatic ring is 1. The number of anilines is 1. The molecular weight excluding hydrogens is 266 g/mol. The summed E-state index contributed by atoms with van der Waals surface area (Å²) in [4.78, 5) is 13.3. The number of nitrogens with one attached hydrogen (secondary N) is 1. The molecule has 106 valence electrons. The van der Waals surface area contributed by atoms with Gasteiger partial charge >= 0.3 is 0 Å². The fraction of sp³-hybridized carbons (Fsp3) is 0.417. The fourth-order valence-corrected chi connectivity index (χ4v) is 2.75. The van der Waals surface area contributed by atoms with E-state index in [0.29, 0.717) is 13.1 Å². The van der Waals surface area contributed by atoms with Crippen LogP contribution in [0.3, 0.4) is 0 Å². The Morgan fingerprint density at radius 3 is 2.37 bits per heavy atom. The Bertz CT molecular complexity index is 539. The summed E-state index contributed by atoms with van der Waals surface area (Å²) >= 11 is 0. The average Bonchev–Trinajstić information content (AvgIpc) is 2.38. The minimum absolute atomic E-state index is 0.0117. The molecule has 7 heteroatoms. The van der Waals surface area contributed by atoms with E-state index >= 15 is 0 Å². The first-order valence-corrected chi connectivity index (χ1v) is 7.52. The molecule has 0 atom stereocenters. The maximum Gasteiger partial charge on any atom is 0.243 e. The van der Waals surface area contributed by atoms with Crippen LogP contribution in [0.15, 0.2) is 29.2 Å². The number of carbonyl (C=O) groups is 1. The molecule has 0 saturated heterocycles. The van der Waals surface area contributed by atoms with Gasteiger partial charge in [0, 0.05) is 13.1 Å². The Kier molecular flexibility index (Phi) is 5.31. The van der Waals surface area contributed by atoms with Gasteiger partial charge in [0.1, 0.15) is 4.90 Å². The van der Waals surface area contributed by atoms with E-state index in [0.717, 1.165) is 0 Å². The number of amides is 1. The van der Waals surface area contributed by atoms with Gasteiger partial charge in [-0.1, -0.05) is 12.1 Å². The molecule has 0 spiro atoms. The van der Waals surface area contributed by atoms with Crippen molar-refractivity contribution in [3.63, 3.8) is 0 Å². The quantitative estimate of drug-likeness (QED) is 0.741. The molecule has 0 heterocycles. The zero-order valence-electron chi connectivity index (χ0n) is 11.1. The van der Waals surface area contributed by atoms with E-state index in [1.807, 2.05) is 13.8 Å². The molecule has 3 N–H and O–H groups in total. The number of hydrogen-bond acceptors (Lipinski definition) is 4. The van der Waals surface area contributed by atoms with Crippen molar-refractivity contribution in [1.82, 2.24) is 9.62 Å². The Morgan fingerprint density at radius 2 is 1.84 bits per heavy atom. The van der Waals surface area contributed by atoms with Crippen LogP contribution in [0.5, 0.6) is 0 Å². The van der Waals surface area contributed by atoms with E-state index in [1.165, 1.54) is 12.1 Å². The third-order valence-corrected chi connectivity index (χ3v) is 4.21. The Labute approximate surface area is 113 Å². The number of nitrogens with two attached hydrogens (primary N) is 1. The van der Waals surface area contributed by atoms with Gasteiger partial charge < -0.3 is 10.6 Å². The summed E-state index contributed by atoms with van der Waals surface area (Å²) in [6.45, 7) is 4.50. The Morgan fingerprint density at radius 1 is 1.26 bits per heavy atom. The van der Waals surface area contributed by atoms with Gasteiger partial charge in [0.25, 0.3) is 0 Å². The van der Waals surface area contributed by atoms with Crippen LogP contribution in [0.2, 0.25) is 0 Å². The number of para-hydroxylation sites is 1. The number of carbonyl (C=O) groups excluding carboxylic acids is 1. The molecule has 0 aliphatic rings. The Balaban J connectivity index is 2.77. The highest BCUT2D eigenvalue weighted by molar-refractivity contribution is 7.89. The molecule has 6 nitrogen and oxygen atoms in total. The van der Waals surface area contributed by atoms with Crippen LogP contribution in [0, 0.1) is 0 Å². The van der Waals surface area contributed by atoms with Crippen molar-refractivity contribution in [3.8, 4) is 0 Å². The van der Waals surface area contributed by atoms with E-state index in [4.69, 9.17) is 5.73 Å². The molecule has 0 radical (unpaired) electrons. The van der Waals surface area contributed by atoms with Gasteiger partial charge in [-0.25, -0.2) is 13.1 Å². The average molecular weight is 285 g/mol. The third-order valence-electron chi connectivity index (χ3n) is 2.74. The van der Waals surface area contributed by atoms with Crippen molar-refractivity contribution in [2.75, 3.05) is 25.4 Å². The van der Waals surface area contributed by atoms with Crippen molar-refractivity contribution in [2.24, 2.45) is 0 Å². The van der Waals surface area contributed by atoms with E-state index in [2.05, 4.69) is 4.72 Å². The monoisotopic (exact) mass is 285 g/mol. The van der Waals surface area contributed by atoms with Crippen LogP contribution < -0.4 is 10.5 Å². The fourth-order valence-electron chi connectivity index (χ4n) is 1.65. The molecule has 1 amide bonds. The highest BCUT2D eigenvalue weighted by Gasteiger charge is 2.19. The lowest BCUT2D eigenvalue weighted by Crippen LogP contribution is -2.40. The molecule has 0 aromatic heterocycles.